The third kappa shape index (κ3) is 1.94. The highest BCUT2D eigenvalue weighted by Crippen LogP contribution is 2.23. The van der Waals surface area contributed by atoms with E-state index < -0.39 is 0 Å². The summed E-state index contributed by atoms with van der Waals surface area (Å²) in [5.74, 6) is 1.45. The van der Waals surface area contributed by atoms with E-state index >= 15 is 0 Å². The molecule has 0 atom stereocenters. The molecule has 3 rings (SSSR count). The highest BCUT2D eigenvalue weighted by atomic mass is 15.0. The Hall–Kier alpha value is -1.74. The van der Waals surface area contributed by atoms with E-state index in [4.69, 9.17) is 0 Å². The Labute approximate surface area is 101 Å². The van der Waals surface area contributed by atoms with Crippen LogP contribution in [0.15, 0.2) is 36.5 Å². The van der Waals surface area contributed by atoms with Crippen LogP contribution in [0.4, 0.5) is 0 Å². The van der Waals surface area contributed by atoms with E-state index in [1.807, 2.05) is 12.3 Å². The second-order valence-electron chi connectivity index (χ2n) is 4.47. The number of aromatic nitrogens is 2. The minimum absolute atomic E-state index is 0.485. The van der Waals surface area contributed by atoms with E-state index in [9.17, 15) is 0 Å². The molecule has 1 aliphatic heterocycles. The molecule has 0 bridgehead atoms. The first-order valence-electron chi connectivity index (χ1n) is 5.94. The van der Waals surface area contributed by atoms with Gasteiger partial charge in [-0.25, -0.2) is 9.97 Å². The average Bonchev–Trinajstić information content (AvgIpc) is 2.28. The molecule has 0 radical (unpaired) electrons. The highest BCUT2D eigenvalue weighted by Gasteiger charge is 2.21. The third-order valence-corrected chi connectivity index (χ3v) is 3.24. The summed E-state index contributed by atoms with van der Waals surface area (Å²) >= 11 is 0. The van der Waals surface area contributed by atoms with Gasteiger partial charge >= 0.3 is 0 Å². The number of hydrogen-bond acceptors (Lipinski definition) is 3. The van der Waals surface area contributed by atoms with Gasteiger partial charge in [-0.15, -0.1) is 0 Å². The molecule has 2 heterocycles. The first-order chi connectivity index (χ1) is 8.34. The van der Waals surface area contributed by atoms with Gasteiger partial charge in [0.1, 0.15) is 5.82 Å². The van der Waals surface area contributed by atoms with Gasteiger partial charge in [0.05, 0.1) is 5.69 Å². The summed E-state index contributed by atoms with van der Waals surface area (Å²) in [5, 5.41) is 3.25. The third-order valence-electron chi connectivity index (χ3n) is 3.24. The molecule has 0 spiro atoms. The fraction of sp³-hybridized carbons (Fsp3) is 0.286. The van der Waals surface area contributed by atoms with Crippen LogP contribution in [0.1, 0.15) is 17.3 Å². The summed E-state index contributed by atoms with van der Waals surface area (Å²) in [6, 6.07) is 10.3. The molecule has 1 aromatic carbocycles. The summed E-state index contributed by atoms with van der Waals surface area (Å²) in [6.07, 6.45) is 1.86. The minimum atomic E-state index is 0.485. The van der Waals surface area contributed by atoms with Crippen LogP contribution in [0.25, 0.3) is 11.3 Å². The van der Waals surface area contributed by atoms with E-state index in [1.165, 1.54) is 11.1 Å². The second kappa shape index (κ2) is 4.26. The molecule has 3 nitrogen and oxygen atoms in total. The van der Waals surface area contributed by atoms with E-state index in [0.717, 1.165) is 24.6 Å². The lowest BCUT2D eigenvalue weighted by atomic mass is 10.0. The molecule has 0 unspecified atom stereocenters. The quantitative estimate of drug-likeness (QED) is 0.851. The fourth-order valence-electron chi connectivity index (χ4n) is 2.05. The van der Waals surface area contributed by atoms with E-state index in [1.54, 1.807) is 0 Å². The number of nitrogens with one attached hydrogen (secondary N) is 1. The topological polar surface area (TPSA) is 37.8 Å². The molecule has 17 heavy (non-hydrogen) atoms. The van der Waals surface area contributed by atoms with Crippen molar-refractivity contribution in [2.24, 2.45) is 0 Å². The first kappa shape index (κ1) is 10.4. The molecule has 1 saturated heterocycles. The minimum Gasteiger partial charge on any atom is -0.315 e. The number of hydrogen-bond donors (Lipinski definition) is 1. The van der Waals surface area contributed by atoms with Crippen molar-refractivity contribution in [3.05, 3.63) is 47.9 Å². The van der Waals surface area contributed by atoms with Crippen LogP contribution in [-0.2, 0) is 0 Å². The molecule has 0 aliphatic carbocycles. The SMILES string of the molecule is Cc1ccccc1-c1ccnc(C2CNC2)n1. The Morgan fingerprint density at radius 2 is 2.00 bits per heavy atom. The van der Waals surface area contributed by atoms with Crippen LogP contribution in [0.5, 0.6) is 0 Å². The zero-order valence-corrected chi connectivity index (χ0v) is 9.85. The van der Waals surface area contributed by atoms with Crippen LogP contribution < -0.4 is 5.32 Å². The van der Waals surface area contributed by atoms with Crippen LogP contribution in [0, 0.1) is 6.92 Å². The molecule has 0 saturated carbocycles. The summed E-state index contributed by atoms with van der Waals surface area (Å²) in [7, 11) is 0. The van der Waals surface area contributed by atoms with Crippen LogP contribution in [0.2, 0.25) is 0 Å². The normalized spacial score (nSPS) is 15.6. The van der Waals surface area contributed by atoms with Crippen LogP contribution in [-0.4, -0.2) is 23.1 Å². The van der Waals surface area contributed by atoms with Gasteiger partial charge < -0.3 is 5.32 Å². The lowest BCUT2D eigenvalue weighted by molar-refractivity contribution is 0.430. The van der Waals surface area contributed by atoms with Crippen molar-refractivity contribution in [3.8, 4) is 11.3 Å². The van der Waals surface area contributed by atoms with Crippen molar-refractivity contribution in [2.45, 2.75) is 12.8 Å². The molecule has 3 heteroatoms. The Morgan fingerprint density at radius 3 is 2.71 bits per heavy atom. The lowest BCUT2D eigenvalue weighted by Gasteiger charge is -2.25. The zero-order chi connectivity index (χ0) is 11.7. The predicted octanol–water partition coefficient (Wildman–Crippen LogP) is 2.14. The van der Waals surface area contributed by atoms with Gasteiger partial charge in [-0.1, -0.05) is 24.3 Å². The molecule has 86 valence electrons. The Bertz CT molecular complexity index is 532. The van der Waals surface area contributed by atoms with Gasteiger partial charge in [0.15, 0.2) is 0 Å². The first-order valence-corrected chi connectivity index (χ1v) is 5.94. The molecule has 2 aromatic rings. The number of nitrogens with zero attached hydrogens (tertiary/aromatic N) is 2. The maximum absolute atomic E-state index is 4.67. The summed E-state index contributed by atoms with van der Waals surface area (Å²) in [5.41, 5.74) is 3.48. The molecular formula is C14H15N3. The van der Waals surface area contributed by atoms with Crippen molar-refractivity contribution in [3.63, 3.8) is 0 Å². The smallest absolute Gasteiger partial charge is 0.134 e. The average molecular weight is 225 g/mol. The molecule has 1 aliphatic rings. The highest BCUT2D eigenvalue weighted by molar-refractivity contribution is 5.62. The van der Waals surface area contributed by atoms with Crippen molar-refractivity contribution in [1.82, 2.24) is 15.3 Å². The maximum Gasteiger partial charge on any atom is 0.134 e. The van der Waals surface area contributed by atoms with Crippen LogP contribution >= 0.6 is 0 Å². The summed E-state index contributed by atoms with van der Waals surface area (Å²) in [6.45, 7) is 4.11. The predicted molar refractivity (Wildman–Crippen MR) is 67.8 cm³/mol. The monoisotopic (exact) mass is 225 g/mol. The molecular weight excluding hydrogens is 210 g/mol. The summed E-state index contributed by atoms with van der Waals surface area (Å²) in [4.78, 5) is 9.04. The fourth-order valence-corrected chi connectivity index (χ4v) is 2.05. The Morgan fingerprint density at radius 1 is 1.18 bits per heavy atom. The van der Waals surface area contributed by atoms with E-state index in [-0.39, 0.29) is 0 Å². The van der Waals surface area contributed by atoms with Crippen molar-refractivity contribution < 1.29 is 0 Å². The number of benzene rings is 1. The Kier molecular flexibility index (Phi) is 2.61. The maximum atomic E-state index is 4.67. The second-order valence-corrected chi connectivity index (χ2v) is 4.47. The van der Waals surface area contributed by atoms with E-state index in [2.05, 4.69) is 46.5 Å². The van der Waals surface area contributed by atoms with Gasteiger partial charge in [-0.2, -0.15) is 0 Å². The van der Waals surface area contributed by atoms with E-state index in [0.29, 0.717) is 5.92 Å². The standard InChI is InChI=1S/C14H15N3/c1-10-4-2-3-5-12(10)13-6-7-16-14(17-13)11-8-15-9-11/h2-7,11,15H,8-9H2,1H3. The van der Waals surface area contributed by atoms with Gasteiger partial charge in [-0.05, 0) is 18.6 Å². The molecule has 1 N–H and O–H groups in total. The zero-order valence-electron chi connectivity index (χ0n) is 9.85. The largest absolute Gasteiger partial charge is 0.315 e. The number of rotatable bonds is 2. The molecule has 1 aromatic heterocycles. The van der Waals surface area contributed by atoms with Gasteiger partial charge in [-0.3, -0.25) is 0 Å². The van der Waals surface area contributed by atoms with Crippen molar-refractivity contribution >= 4 is 0 Å². The van der Waals surface area contributed by atoms with Crippen LogP contribution in [0.3, 0.4) is 0 Å². The van der Waals surface area contributed by atoms with Gasteiger partial charge in [0, 0.05) is 30.8 Å². The van der Waals surface area contributed by atoms with Gasteiger partial charge in [0.2, 0.25) is 0 Å². The van der Waals surface area contributed by atoms with Crippen molar-refractivity contribution in [2.75, 3.05) is 13.1 Å². The summed E-state index contributed by atoms with van der Waals surface area (Å²) < 4.78 is 0. The van der Waals surface area contributed by atoms with Crippen molar-refractivity contribution in [1.29, 1.82) is 0 Å². The molecule has 1 fully saturated rings. The lowest BCUT2D eigenvalue weighted by Crippen LogP contribution is -2.40. The number of aryl methyl sites for hydroxylation is 1. The molecule has 0 amide bonds. The Balaban J connectivity index is 2.00. The van der Waals surface area contributed by atoms with Gasteiger partial charge in [0.25, 0.3) is 0 Å².